The van der Waals surface area contributed by atoms with Crippen LogP contribution in [-0.2, 0) is 19.2 Å². The van der Waals surface area contributed by atoms with Gasteiger partial charge in [-0.3, -0.25) is 14.4 Å². The summed E-state index contributed by atoms with van der Waals surface area (Å²) in [4.78, 5) is 50.6. The quantitative estimate of drug-likeness (QED) is 0.540. The molecule has 1 aromatic rings. The minimum atomic E-state index is -1.12. The molecule has 3 rings (SSSR count). The summed E-state index contributed by atoms with van der Waals surface area (Å²) in [6, 6.07) is 3.21. The maximum atomic E-state index is 12.7. The van der Waals surface area contributed by atoms with Gasteiger partial charge in [0.2, 0.25) is 17.7 Å². The lowest BCUT2D eigenvalue weighted by Crippen LogP contribution is -2.53. The number of amides is 3. The number of hydrogen-bond acceptors (Lipinski definition) is 6. The maximum Gasteiger partial charge on any atom is 0.326 e. The van der Waals surface area contributed by atoms with E-state index in [4.69, 9.17) is 9.47 Å². The van der Waals surface area contributed by atoms with Crippen molar-refractivity contribution in [3.63, 3.8) is 0 Å². The number of aliphatic carboxylic acids is 1. The van der Waals surface area contributed by atoms with Crippen molar-refractivity contribution in [2.24, 2.45) is 11.8 Å². The number of nitrogens with zero attached hydrogens (tertiary/aromatic N) is 1. The number of benzene rings is 1. The lowest BCUT2D eigenvalue weighted by Gasteiger charge is -2.23. The number of ether oxygens (including phenoxy) is 2. The molecule has 1 saturated heterocycles. The topological polar surface area (TPSA) is 134 Å². The fourth-order valence-corrected chi connectivity index (χ4v) is 3.69. The summed E-state index contributed by atoms with van der Waals surface area (Å²) in [5, 5.41) is 14.4. The molecule has 174 valence electrons. The van der Waals surface area contributed by atoms with Crippen LogP contribution in [0, 0.1) is 11.8 Å². The van der Waals surface area contributed by atoms with Crippen molar-refractivity contribution < 1.29 is 33.8 Å². The summed E-state index contributed by atoms with van der Waals surface area (Å²) in [5.74, 6) is -2.08. The fraction of sp³-hybridized carbons (Fsp3) is 0.545. The number of carbonyl (C=O) groups excluding carboxylic acids is 3. The van der Waals surface area contributed by atoms with Crippen LogP contribution < -0.4 is 25.0 Å². The molecule has 2 heterocycles. The van der Waals surface area contributed by atoms with E-state index in [0.717, 1.165) is 0 Å². The van der Waals surface area contributed by atoms with Gasteiger partial charge in [0.15, 0.2) is 11.5 Å². The van der Waals surface area contributed by atoms with Gasteiger partial charge in [-0.1, -0.05) is 20.3 Å². The molecule has 0 aliphatic carbocycles. The van der Waals surface area contributed by atoms with Crippen molar-refractivity contribution in [2.45, 2.75) is 45.7 Å². The summed E-state index contributed by atoms with van der Waals surface area (Å²) in [6.45, 7) is 6.12. The van der Waals surface area contributed by atoms with Gasteiger partial charge in [0.25, 0.3) is 0 Å². The third-order valence-corrected chi connectivity index (χ3v) is 5.86. The average Bonchev–Trinajstić information content (AvgIpc) is 3.17. The molecule has 0 radical (unpaired) electrons. The molecule has 0 bridgehead atoms. The predicted molar refractivity (Wildman–Crippen MR) is 115 cm³/mol. The Morgan fingerprint density at radius 3 is 2.50 bits per heavy atom. The van der Waals surface area contributed by atoms with Crippen LogP contribution in [0.1, 0.15) is 33.6 Å². The smallest absolute Gasteiger partial charge is 0.326 e. The number of rotatable bonds is 8. The maximum absolute atomic E-state index is 12.7. The number of anilines is 1. The van der Waals surface area contributed by atoms with Crippen LogP contribution in [0.15, 0.2) is 18.2 Å². The predicted octanol–water partition coefficient (Wildman–Crippen LogP) is 0.931. The Morgan fingerprint density at radius 1 is 1.16 bits per heavy atom. The third-order valence-electron chi connectivity index (χ3n) is 5.86. The summed E-state index contributed by atoms with van der Waals surface area (Å²) < 4.78 is 11.0. The summed E-state index contributed by atoms with van der Waals surface area (Å²) in [7, 11) is 0. The van der Waals surface area contributed by atoms with Gasteiger partial charge in [-0.2, -0.15) is 0 Å². The molecule has 4 atom stereocenters. The lowest BCUT2D eigenvalue weighted by atomic mass is 9.99. The van der Waals surface area contributed by atoms with Gasteiger partial charge in [-0.15, -0.1) is 0 Å². The monoisotopic (exact) mass is 447 g/mol. The highest BCUT2D eigenvalue weighted by Crippen LogP contribution is 2.36. The van der Waals surface area contributed by atoms with Crippen molar-refractivity contribution in [1.29, 1.82) is 0 Å². The Kier molecular flexibility index (Phi) is 7.22. The van der Waals surface area contributed by atoms with Crippen molar-refractivity contribution >= 4 is 29.4 Å². The first-order chi connectivity index (χ1) is 15.2. The minimum absolute atomic E-state index is 0.0131. The molecular weight excluding hydrogens is 418 g/mol. The van der Waals surface area contributed by atoms with Crippen molar-refractivity contribution in [2.75, 3.05) is 24.7 Å². The SMILES string of the molecule is CCC(C)[C@H](NC(=O)[C@H](C)NC(=O)C1CC(=O)N(c2ccc3c(c2)OCCO3)C1)C(=O)O. The number of hydrogen-bond donors (Lipinski definition) is 3. The highest BCUT2D eigenvalue weighted by Gasteiger charge is 2.37. The van der Waals surface area contributed by atoms with Crippen LogP contribution in [-0.4, -0.2) is 60.6 Å². The van der Waals surface area contributed by atoms with E-state index in [1.807, 2.05) is 6.92 Å². The summed E-state index contributed by atoms with van der Waals surface area (Å²) in [6.07, 6.45) is 0.594. The number of carbonyl (C=O) groups is 4. The Bertz CT molecular complexity index is 904. The van der Waals surface area contributed by atoms with Crippen LogP contribution in [0.3, 0.4) is 0 Å². The molecule has 2 unspecified atom stereocenters. The summed E-state index contributed by atoms with van der Waals surface area (Å²) in [5.41, 5.74) is 0.609. The Morgan fingerprint density at radius 2 is 1.84 bits per heavy atom. The second-order valence-electron chi connectivity index (χ2n) is 8.17. The van der Waals surface area contributed by atoms with E-state index < -0.39 is 35.8 Å². The molecule has 32 heavy (non-hydrogen) atoms. The molecule has 1 fully saturated rings. The second-order valence-corrected chi connectivity index (χ2v) is 8.17. The van der Waals surface area contributed by atoms with E-state index in [9.17, 15) is 24.3 Å². The van der Waals surface area contributed by atoms with Crippen molar-refractivity contribution in [1.82, 2.24) is 10.6 Å². The first-order valence-electron chi connectivity index (χ1n) is 10.7. The zero-order valence-corrected chi connectivity index (χ0v) is 18.4. The minimum Gasteiger partial charge on any atom is -0.486 e. The van der Waals surface area contributed by atoms with Crippen LogP contribution >= 0.6 is 0 Å². The molecule has 1 aromatic carbocycles. The largest absolute Gasteiger partial charge is 0.486 e. The Labute approximate surface area is 186 Å². The first-order valence-corrected chi connectivity index (χ1v) is 10.7. The highest BCUT2D eigenvalue weighted by molar-refractivity contribution is 6.01. The normalized spacial score (nSPS) is 20.3. The van der Waals surface area contributed by atoms with Gasteiger partial charge in [-0.05, 0) is 25.0 Å². The van der Waals surface area contributed by atoms with E-state index in [1.165, 1.54) is 11.8 Å². The van der Waals surface area contributed by atoms with Crippen LogP contribution in [0.25, 0.3) is 0 Å². The molecular formula is C22H29N3O7. The fourth-order valence-electron chi connectivity index (χ4n) is 3.69. The van der Waals surface area contributed by atoms with Gasteiger partial charge in [0, 0.05) is 24.7 Å². The van der Waals surface area contributed by atoms with E-state index in [2.05, 4.69) is 10.6 Å². The third kappa shape index (κ3) is 5.12. The Balaban J connectivity index is 1.59. The average molecular weight is 447 g/mol. The van der Waals surface area contributed by atoms with E-state index in [-0.39, 0.29) is 24.8 Å². The zero-order valence-electron chi connectivity index (χ0n) is 18.4. The van der Waals surface area contributed by atoms with E-state index in [0.29, 0.717) is 36.8 Å². The Hall–Kier alpha value is -3.30. The number of nitrogens with one attached hydrogen (secondary N) is 2. The van der Waals surface area contributed by atoms with Gasteiger partial charge in [-0.25, -0.2) is 4.79 Å². The molecule has 2 aliphatic rings. The molecule has 10 nitrogen and oxygen atoms in total. The molecule has 0 aromatic heterocycles. The van der Waals surface area contributed by atoms with Crippen LogP contribution in [0.5, 0.6) is 11.5 Å². The molecule has 3 N–H and O–H groups in total. The molecule has 0 saturated carbocycles. The standard InChI is InChI=1S/C22H29N3O7/c1-4-12(2)19(22(29)30)24-20(27)13(3)23-21(28)14-9-18(26)25(11-14)15-5-6-16-17(10-15)32-8-7-31-16/h5-6,10,12-14,19H,4,7-9,11H2,1-3H3,(H,23,28)(H,24,27)(H,29,30)/t12?,13-,14?,19-/m0/s1. The number of carboxylic acids is 1. The second kappa shape index (κ2) is 9.88. The summed E-state index contributed by atoms with van der Waals surface area (Å²) >= 11 is 0. The van der Waals surface area contributed by atoms with Gasteiger partial charge in [0.1, 0.15) is 25.3 Å². The number of carboxylic acid groups (broad SMARTS) is 1. The van der Waals surface area contributed by atoms with Gasteiger partial charge in [0.05, 0.1) is 5.92 Å². The van der Waals surface area contributed by atoms with Crippen molar-refractivity contribution in [3.05, 3.63) is 18.2 Å². The highest BCUT2D eigenvalue weighted by atomic mass is 16.6. The van der Waals surface area contributed by atoms with Gasteiger partial charge >= 0.3 is 5.97 Å². The molecule has 2 aliphatic heterocycles. The van der Waals surface area contributed by atoms with Crippen LogP contribution in [0.4, 0.5) is 5.69 Å². The van der Waals surface area contributed by atoms with E-state index >= 15 is 0 Å². The molecule has 3 amide bonds. The van der Waals surface area contributed by atoms with Crippen molar-refractivity contribution in [3.8, 4) is 11.5 Å². The van der Waals surface area contributed by atoms with E-state index in [1.54, 1.807) is 25.1 Å². The molecule has 0 spiro atoms. The lowest BCUT2D eigenvalue weighted by molar-refractivity contribution is -0.143. The van der Waals surface area contributed by atoms with Gasteiger partial charge < -0.3 is 30.1 Å². The molecule has 10 heteroatoms. The first kappa shape index (κ1) is 23.4. The number of fused-ring (bicyclic) bond motifs is 1. The van der Waals surface area contributed by atoms with Crippen LogP contribution in [0.2, 0.25) is 0 Å². The zero-order chi connectivity index (χ0) is 23.4.